The van der Waals surface area contributed by atoms with E-state index in [1.54, 1.807) is 7.11 Å². The first kappa shape index (κ1) is 9.87. The maximum Gasteiger partial charge on any atom is 0.169 e. The Hall–Kier alpha value is -0.670. The van der Waals surface area contributed by atoms with Crippen molar-refractivity contribution in [3.05, 3.63) is 11.6 Å². The van der Waals surface area contributed by atoms with E-state index in [9.17, 15) is 9.90 Å². The average molecular weight is 196 g/mol. The third-order valence-electron chi connectivity index (χ3n) is 3.66. The summed E-state index contributed by atoms with van der Waals surface area (Å²) in [7, 11) is 1.57. The number of rotatable bonds is 2. The number of hydrogen-bond donors (Lipinski definition) is 1. The van der Waals surface area contributed by atoms with Gasteiger partial charge >= 0.3 is 0 Å². The lowest BCUT2D eigenvalue weighted by atomic mass is 9.63. The number of aliphatic hydroxyl groups is 1. The highest BCUT2D eigenvalue weighted by molar-refractivity contribution is 5.92. The van der Waals surface area contributed by atoms with Crippen LogP contribution in [-0.4, -0.2) is 30.2 Å². The molecule has 1 N–H and O–H groups in total. The number of fused-ring (bicyclic) bond motifs is 2. The molecule has 1 unspecified atom stereocenters. The second-order valence-electron chi connectivity index (χ2n) is 4.36. The van der Waals surface area contributed by atoms with E-state index < -0.39 is 5.60 Å². The molecule has 3 atom stereocenters. The fourth-order valence-electron chi connectivity index (χ4n) is 2.78. The molecule has 3 rings (SSSR count). The lowest BCUT2D eigenvalue weighted by Gasteiger charge is -2.46. The van der Waals surface area contributed by atoms with Gasteiger partial charge in [-0.1, -0.05) is 5.57 Å². The lowest BCUT2D eigenvalue weighted by Crippen LogP contribution is -2.52. The van der Waals surface area contributed by atoms with E-state index in [0.717, 1.165) is 0 Å². The van der Waals surface area contributed by atoms with Gasteiger partial charge in [-0.25, -0.2) is 0 Å². The van der Waals surface area contributed by atoms with Crippen LogP contribution in [0.1, 0.15) is 19.8 Å². The van der Waals surface area contributed by atoms with Gasteiger partial charge in [0.1, 0.15) is 5.60 Å². The third kappa shape index (κ3) is 1.16. The molecule has 0 saturated heterocycles. The first-order chi connectivity index (χ1) is 6.63. The highest BCUT2D eigenvalue weighted by Crippen LogP contribution is 2.46. The van der Waals surface area contributed by atoms with Crippen molar-refractivity contribution in [2.75, 3.05) is 13.7 Å². The number of ketones is 1. The van der Waals surface area contributed by atoms with Crippen LogP contribution < -0.4 is 0 Å². The van der Waals surface area contributed by atoms with Crippen LogP contribution in [0.15, 0.2) is 11.6 Å². The molecule has 3 aliphatic rings. The molecule has 2 bridgehead atoms. The average Bonchev–Trinajstić information content (AvgIpc) is 2.19. The molecule has 0 aromatic carbocycles. The van der Waals surface area contributed by atoms with Crippen molar-refractivity contribution in [1.29, 1.82) is 0 Å². The molecule has 3 heteroatoms. The van der Waals surface area contributed by atoms with Crippen LogP contribution in [0.25, 0.3) is 0 Å². The molecule has 1 fully saturated rings. The second kappa shape index (κ2) is 3.17. The minimum atomic E-state index is -0.730. The Bertz CT molecular complexity index is 295. The summed E-state index contributed by atoms with van der Waals surface area (Å²) in [6, 6.07) is 0. The molecule has 3 aliphatic carbocycles. The number of carbonyl (C=O) groups is 1. The Morgan fingerprint density at radius 3 is 3.00 bits per heavy atom. The number of allylic oxidation sites excluding steroid dienone is 1. The van der Waals surface area contributed by atoms with Crippen LogP contribution in [0, 0.1) is 11.8 Å². The number of aliphatic hydroxyl groups excluding tert-OH is 1. The van der Waals surface area contributed by atoms with Crippen LogP contribution in [0.3, 0.4) is 0 Å². The van der Waals surface area contributed by atoms with Gasteiger partial charge in [-0.2, -0.15) is 0 Å². The number of carbonyl (C=O) groups excluding carboxylic acids is 1. The normalized spacial score (nSPS) is 41.4. The molecule has 14 heavy (non-hydrogen) atoms. The van der Waals surface area contributed by atoms with Crippen molar-refractivity contribution in [2.24, 2.45) is 11.8 Å². The number of ether oxygens (including phenoxy) is 1. The lowest BCUT2D eigenvalue weighted by molar-refractivity contribution is -0.146. The fourth-order valence-corrected chi connectivity index (χ4v) is 2.78. The molecule has 3 nitrogen and oxygen atoms in total. The van der Waals surface area contributed by atoms with Crippen molar-refractivity contribution in [3.8, 4) is 0 Å². The maximum absolute atomic E-state index is 11.8. The van der Waals surface area contributed by atoms with Gasteiger partial charge in [-0.3, -0.25) is 4.79 Å². The van der Waals surface area contributed by atoms with E-state index >= 15 is 0 Å². The second-order valence-corrected chi connectivity index (χ2v) is 4.36. The Kier molecular flexibility index (Phi) is 2.24. The van der Waals surface area contributed by atoms with Gasteiger partial charge < -0.3 is 9.84 Å². The Balaban J connectivity index is 2.39. The van der Waals surface area contributed by atoms with Gasteiger partial charge in [0, 0.05) is 20.1 Å². The first-order valence-corrected chi connectivity index (χ1v) is 5.01. The van der Waals surface area contributed by atoms with E-state index in [1.165, 1.54) is 5.57 Å². The summed E-state index contributed by atoms with van der Waals surface area (Å²) in [5.74, 6) is 0.600. The van der Waals surface area contributed by atoms with E-state index in [1.807, 2.05) is 13.0 Å². The maximum atomic E-state index is 11.8. The number of methoxy groups -OCH3 is 1. The summed E-state index contributed by atoms with van der Waals surface area (Å²) in [6.45, 7) is 2.17. The van der Waals surface area contributed by atoms with Crippen LogP contribution in [0.2, 0.25) is 0 Å². The monoisotopic (exact) mass is 196 g/mol. The first-order valence-electron chi connectivity index (χ1n) is 5.01. The molecule has 0 spiro atoms. The van der Waals surface area contributed by atoms with E-state index in [-0.39, 0.29) is 24.2 Å². The van der Waals surface area contributed by atoms with Crippen LogP contribution in [-0.2, 0) is 9.53 Å². The third-order valence-corrected chi connectivity index (χ3v) is 3.66. The molecular formula is C11H16O3. The molecule has 0 amide bonds. The zero-order valence-corrected chi connectivity index (χ0v) is 8.62. The van der Waals surface area contributed by atoms with Gasteiger partial charge in [-0.05, 0) is 31.3 Å². The van der Waals surface area contributed by atoms with Crippen LogP contribution in [0.4, 0.5) is 0 Å². The highest BCUT2D eigenvalue weighted by atomic mass is 16.5. The molecule has 0 aromatic heterocycles. The Morgan fingerprint density at radius 1 is 1.71 bits per heavy atom. The molecule has 78 valence electrons. The zero-order chi connectivity index (χ0) is 10.3. The minimum absolute atomic E-state index is 0.147. The quantitative estimate of drug-likeness (QED) is 0.668. The highest BCUT2D eigenvalue weighted by Gasteiger charge is 2.50. The molecule has 0 radical (unpaired) electrons. The van der Waals surface area contributed by atoms with Gasteiger partial charge in [0.15, 0.2) is 5.78 Å². The van der Waals surface area contributed by atoms with Crippen molar-refractivity contribution < 1.29 is 14.6 Å². The van der Waals surface area contributed by atoms with Crippen molar-refractivity contribution in [3.63, 3.8) is 0 Å². The smallest absolute Gasteiger partial charge is 0.169 e. The predicted molar refractivity (Wildman–Crippen MR) is 51.8 cm³/mol. The fraction of sp³-hybridized carbons (Fsp3) is 0.727. The minimum Gasteiger partial charge on any atom is -0.396 e. The SMILES string of the molecule is CO[C@]12C=C(C)[C@H](CC1=O)C(CO)C2. The van der Waals surface area contributed by atoms with Gasteiger partial charge in [-0.15, -0.1) is 0 Å². The van der Waals surface area contributed by atoms with Crippen molar-refractivity contribution in [1.82, 2.24) is 0 Å². The van der Waals surface area contributed by atoms with Crippen molar-refractivity contribution in [2.45, 2.75) is 25.4 Å². The summed E-state index contributed by atoms with van der Waals surface area (Å²) >= 11 is 0. The summed E-state index contributed by atoms with van der Waals surface area (Å²) in [6.07, 6.45) is 3.11. The van der Waals surface area contributed by atoms with Crippen LogP contribution in [0.5, 0.6) is 0 Å². The summed E-state index contributed by atoms with van der Waals surface area (Å²) in [4.78, 5) is 11.8. The predicted octanol–water partition coefficient (Wildman–Crippen LogP) is 0.919. The molecule has 0 aromatic rings. The van der Waals surface area contributed by atoms with Gasteiger partial charge in [0.05, 0.1) is 0 Å². The van der Waals surface area contributed by atoms with Crippen LogP contribution >= 0.6 is 0 Å². The summed E-state index contributed by atoms with van der Waals surface area (Å²) < 4.78 is 5.34. The van der Waals surface area contributed by atoms with Gasteiger partial charge in [0.2, 0.25) is 0 Å². The molecule has 0 aliphatic heterocycles. The largest absolute Gasteiger partial charge is 0.396 e. The molecule has 0 heterocycles. The molecular weight excluding hydrogens is 180 g/mol. The standard InChI is InChI=1S/C11H16O3/c1-7-4-11(14-2)5-8(6-12)9(7)3-10(11)13/h4,8-9,12H,3,5-6H2,1-2H3/t8?,9-,11-/m0/s1. The number of hydrogen-bond acceptors (Lipinski definition) is 3. The van der Waals surface area contributed by atoms with Gasteiger partial charge in [0.25, 0.3) is 0 Å². The summed E-state index contributed by atoms with van der Waals surface area (Å²) in [5, 5.41) is 9.23. The zero-order valence-electron chi connectivity index (χ0n) is 8.62. The van der Waals surface area contributed by atoms with E-state index in [0.29, 0.717) is 12.8 Å². The van der Waals surface area contributed by atoms with E-state index in [2.05, 4.69) is 0 Å². The summed E-state index contributed by atoms with van der Waals surface area (Å²) in [5.41, 5.74) is 0.462. The number of Topliss-reactive ketones (excluding diaryl/α,β-unsaturated/α-hetero) is 1. The van der Waals surface area contributed by atoms with Crippen molar-refractivity contribution >= 4 is 5.78 Å². The Morgan fingerprint density at radius 2 is 2.43 bits per heavy atom. The topological polar surface area (TPSA) is 46.5 Å². The van der Waals surface area contributed by atoms with E-state index in [4.69, 9.17) is 4.74 Å². The molecule has 1 saturated carbocycles. The Labute approximate surface area is 83.8 Å².